The summed E-state index contributed by atoms with van der Waals surface area (Å²) < 4.78 is 8.81. The normalized spacial score (nSPS) is 13.3. The van der Waals surface area contributed by atoms with Crippen molar-refractivity contribution in [3.63, 3.8) is 0 Å². The van der Waals surface area contributed by atoms with Crippen LogP contribution < -0.4 is 5.46 Å². The van der Waals surface area contributed by atoms with Crippen LogP contribution in [0, 0.1) is 0 Å². The monoisotopic (exact) mass is 436 g/mol. The lowest BCUT2D eigenvalue weighted by atomic mass is 9.82. The molecule has 0 aliphatic heterocycles. The summed E-state index contributed by atoms with van der Waals surface area (Å²) in [4.78, 5) is 0. The van der Waals surface area contributed by atoms with Crippen LogP contribution in [-0.4, -0.2) is 23.8 Å². The molecule has 0 amide bonds. The molecule has 32 heavy (non-hydrogen) atoms. The second-order valence-electron chi connectivity index (χ2n) is 9.82. The van der Waals surface area contributed by atoms with Crippen LogP contribution >= 0.6 is 11.3 Å². The first kappa shape index (κ1) is 20.0. The van der Waals surface area contributed by atoms with E-state index < -0.39 is 11.2 Å². The average molecular weight is 436 g/mol. The van der Waals surface area contributed by atoms with E-state index in [1.54, 1.807) is 13.8 Å². The van der Waals surface area contributed by atoms with Crippen LogP contribution in [0.5, 0.6) is 0 Å². The summed E-state index contributed by atoms with van der Waals surface area (Å²) in [5, 5.41) is 15.8. The minimum Gasteiger partial charge on any atom is -0.427 e. The van der Waals surface area contributed by atoms with Gasteiger partial charge >= 0.3 is 7.48 Å². The van der Waals surface area contributed by atoms with Crippen LogP contribution in [0.15, 0.2) is 66.7 Å². The van der Waals surface area contributed by atoms with Gasteiger partial charge in [0.2, 0.25) is 0 Å². The van der Waals surface area contributed by atoms with Crippen LogP contribution in [0.3, 0.4) is 0 Å². The van der Waals surface area contributed by atoms with Gasteiger partial charge in [-0.15, -0.1) is 11.3 Å². The van der Waals surface area contributed by atoms with Gasteiger partial charge in [-0.2, -0.15) is 0 Å². The van der Waals surface area contributed by atoms with Gasteiger partial charge in [-0.3, -0.25) is 0 Å². The van der Waals surface area contributed by atoms with Gasteiger partial charge in [-0.1, -0.05) is 60.7 Å². The Labute approximate surface area is 192 Å². The Morgan fingerprint density at radius 2 is 1.41 bits per heavy atom. The van der Waals surface area contributed by atoms with Crippen molar-refractivity contribution in [3.8, 4) is 22.3 Å². The highest BCUT2D eigenvalue weighted by atomic mass is 32.1. The van der Waals surface area contributed by atoms with Crippen molar-refractivity contribution in [2.24, 2.45) is 0 Å². The van der Waals surface area contributed by atoms with Crippen molar-refractivity contribution in [2.45, 2.75) is 38.9 Å². The molecule has 1 aliphatic carbocycles. The maximum atomic E-state index is 10.5. The fourth-order valence-electron chi connectivity index (χ4n) is 4.77. The molecular formula is C28H25BO2S. The van der Waals surface area contributed by atoms with Crippen molar-refractivity contribution in [1.29, 1.82) is 0 Å². The Kier molecular flexibility index (Phi) is 4.17. The Morgan fingerprint density at radius 1 is 0.750 bits per heavy atom. The molecule has 4 heteroatoms. The van der Waals surface area contributed by atoms with Gasteiger partial charge < -0.3 is 9.76 Å². The molecule has 1 aromatic heterocycles. The minimum atomic E-state index is -0.924. The van der Waals surface area contributed by atoms with Gasteiger partial charge in [0.1, 0.15) is 0 Å². The second kappa shape index (κ2) is 6.68. The first-order chi connectivity index (χ1) is 15.3. The lowest BCUT2D eigenvalue weighted by Gasteiger charge is -2.37. The van der Waals surface area contributed by atoms with E-state index in [9.17, 15) is 5.11 Å². The van der Waals surface area contributed by atoms with Crippen LogP contribution in [0.4, 0.5) is 0 Å². The molecule has 6 rings (SSSR count). The van der Waals surface area contributed by atoms with E-state index in [4.69, 9.17) is 4.65 Å². The van der Waals surface area contributed by atoms with E-state index in [2.05, 4.69) is 66.7 Å². The van der Waals surface area contributed by atoms with Gasteiger partial charge in [0.05, 0.1) is 11.2 Å². The molecule has 1 heterocycles. The molecule has 158 valence electrons. The molecule has 1 aliphatic rings. The fraction of sp³-hybridized carbons (Fsp3) is 0.214. The van der Waals surface area contributed by atoms with Crippen molar-refractivity contribution < 1.29 is 9.76 Å². The molecule has 0 saturated carbocycles. The van der Waals surface area contributed by atoms with E-state index in [0.29, 0.717) is 7.48 Å². The quantitative estimate of drug-likeness (QED) is 0.324. The highest BCUT2D eigenvalue weighted by Crippen LogP contribution is 2.51. The maximum absolute atomic E-state index is 10.5. The molecule has 0 unspecified atom stereocenters. The number of fused-ring (bicyclic) bond motifs is 7. The number of thiophene rings is 1. The molecule has 5 aromatic rings. The number of benzene rings is 4. The molecular weight excluding hydrogens is 411 g/mol. The minimum absolute atomic E-state index is 0.472. The van der Waals surface area contributed by atoms with Crippen LogP contribution in [0.2, 0.25) is 0 Å². The molecule has 0 saturated heterocycles. The molecule has 2 nitrogen and oxygen atoms in total. The Balaban J connectivity index is 1.57. The molecule has 0 atom stereocenters. The summed E-state index contributed by atoms with van der Waals surface area (Å²) in [5.74, 6) is 0. The molecule has 0 fully saturated rings. The van der Waals surface area contributed by atoms with Gasteiger partial charge in [0.15, 0.2) is 0 Å². The van der Waals surface area contributed by atoms with Crippen LogP contribution in [0.1, 0.15) is 27.7 Å². The smallest absolute Gasteiger partial charge is 0.310 e. The van der Waals surface area contributed by atoms with Crippen LogP contribution in [-0.2, 0) is 4.65 Å². The lowest BCUT2D eigenvalue weighted by molar-refractivity contribution is -0.0893. The van der Waals surface area contributed by atoms with Gasteiger partial charge in [0, 0.05) is 20.2 Å². The predicted octanol–water partition coefficient (Wildman–Crippen LogP) is 6.40. The SMILES string of the molecule is CC(C)(O)C(C)(C)OBc1cccc2c1sc1cc3c4c(cccc4c12)-c1ccccc1-3. The van der Waals surface area contributed by atoms with Gasteiger partial charge in [-0.25, -0.2) is 0 Å². The Bertz CT molecular complexity index is 1540. The summed E-state index contributed by atoms with van der Waals surface area (Å²) in [6.45, 7) is 7.49. The first-order valence-corrected chi connectivity index (χ1v) is 11.9. The summed E-state index contributed by atoms with van der Waals surface area (Å²) >= 11 is 1.85. The predicted molar refractivity (Wildman–Crippen MR) is 140 cm³/mol. The Hall–Kier alpha value is -2.66. The van der Waals surface area contributed by atoms with E-state index in [1.165, 1.54) is 58.7 Å². The van der Waals surface area contributed by atoms with Gasteiger partial charge in [-0.05, 0) is 72.3 Å². The van der Waals surface area contributed by atoms with Crippen molar-refractivity contribution >= 4 is 55.2 Å². The third-order valence-electron chi connectivity index (χ3n) is 7.27. The molecule has 0 radical (unpaired) electrons. The third kappa shape index (κ3) is 2.73. The highest BCUT2D eigenvalue weighted by molar-refractivity contribution is 7.27. The fourth-order valence-corrected chi connectivity index (χ4v) is 6.02. The van der Waals surface area contributed by atoms with E-state index >= 15 is 0 Å². The third-order valence-corrected chi connectivity index (χ3v) is 8.50. The number of rotatable bonds is 4. The van der Waals surface area contributed by atoms with Crippen molar-refractivity contribution in [2.75, 3.05) is 0 Å². The number of hydrogen-bond acceptors (Lipinski definition) is 3. The zero-order chi connectivity index (χ0) is 22.3. The number of aliphatic hydroxyl groups is 1. The zero-order valence-corrected chi connectivity index (χ0v) is 19.6. The van der Waals surface area contributed by atoms with Crippen LogP contribution in [0.25, 0.3) is 53.2 Å². The average Bonchev–Trinajstić information content (AvgIpc) is 3.30. The van der Waals surface area contributed by atoms with E-state index in [1.807, 2.05) is 25.2 Å². The topological polar surface area (TPSA) is 29.5 Å². The summed E-state index contributed by atoms with van der Waals surface area (Å²) in [5.41, 5.74) is 4.93. The molecule has 0 spiro atoms. The highest BCUT2D eigenvalue weighted by Gasteiger charge is 2.36. The van der Waals surface area contributed by atoms with E-state index in [0.717, 1.165) is 0 Å². The Morgan fingerprint density at radius 3 is 2.16 bits per heavy atom. The van der Waals surface area contributed by atoms with Crippen molar-refractivity contribution in [1.82, 2.24) is 0 Å². The standard InChI is InChI=1S/C28H25BO2S/c1-27(2,30)28(3,4)31-29-22-14-8-13-20-25-19-12-7-11-18-16-9-5-6-10-17(16)21(24(18)19)15-23(25)32-26(20)22/h5-15,29-30H,1-4H3. The van der Waals surface area contributed by atoms with Gasteiger partial charge in [0.25, 0.3) is 0 Å². The van der Waals surface area contributed by atoms with Crippen molar-refractivity contribution in [3.05, 3.63) is 66.7 Å². The largest absolute Gasteiger partial charge is 0.427 e. The second-order valence-corrected chi connectivity index (χ2v) is 10.9. The summed E-state index contributed by atoms with van der Waals surface area (Å²) in [6.07, 6.45) is 0. The zero-order valence-electron chi connectivity index (χ0n) is 18.8. The summed E-state index contributed by atoms with van der Waals surface area (Å²) in [7, 11) is 0.472. The van der Waals surface area contributed by atoms with E-state index in [-0.39, 0.29) is 0 Å². The molecule has 1 N–H and O–H groups in total. The molecule has 0 bridgehead atoms. The maximum Gasteiger partial charge on any atom is 0.310 e. The lowest BCUT2D eigenvalue weighted by Crippen LogP contribution is -2.49. The summed E-state index contributed by atoms with van der Waals surface area (Å²) in [6, 6.07) is 24.3. The molecule has 4 aromatic carbocycles. The first-order valence-electron chi connectivity index (χ1n) is 11.1. The number of hydrogen-bond donors (Lipinski definition) is 1.